The molecule has 0 radical (unpaired) electrons. The van der Waals surface area contributed by atoms with Crippen LogP contribution < -0.4 is 5.56 Å². The summed E-state index contributed by atoms with van der Waals surface area (Å²) in [6, 6.07) is 5.12. The second-order valence-corrected chi connectivity index (χ2v) is 6.15. The number of hydrogen-bond donors (Lipinski definition) is 0. The topological polar surface area (TPSA) is 55.2 Å². The van der Waals surface area contributed by atoms with Crippen molar-refractivity contribution in [3.63, 3.8) is 0 Å². The van der Waals surface area contributed by atoms with E-state index in [2.05, 4.69) is 23.5 Å². The lowest BCUT2D eigenvalue weighted by atomic mass is 9.97. The van der Waals surface area contributed by atoms with Gasteiger partial charge in [0.1, 0.15) is 5.69 Å². The molecule has 0 saturated heterocycles. The molecule has 1 atom stereocenters. The van der Waals surface area contributed by atoms with E-state index in [1.807, 2.05) is 4.90 Å². The van der Waals surface area contributed by atoms with Crippen LogP contribution in [-0.2, 0) is 13.5 Å². The monoisotopic (exact) mass is 303 g/mol. The summed E-state index contributed by atoms with van der Waals surface area (Å²) in [5, 5.41) is 6.16. The Bertz CT molecular complexity index is 735. The fraction of sp³-hybridized carbons (Fsp3) is 0.400. The van der Waals surface area contributed by atoms with Gasteiger partial charge in [-0.15, -0.1) is 11.3 Å². The van der Waals surface area contributed by atoms with E-state index in [4.69, 9.17) is 0 Å². The lowest BCUT2D eigenvalue weighted by molar-refractivity contribution is 0.0648. The maximum atomic E-state index is 12.7. The molecule has 1 aliphatic rings. The van der Waals surface area contributed by atoms with Crippen molar-refractivity contribution in [2.75, 3.05) is 6.54 Å². The molecule has 1 aliphatic heterocycles. The summed E-state index contributed by atoms with van der Waals surface area (Å²) in [7, 11) is 1.56. The predicted octanol–water partition coefficient (Wildman–Crippen LogP) is 1.99. The molecule has 0 aromatic carbocycles. The van der Waals surface area contributed by atoms with Crippen LogP contribution in [-0.4, -0.2) is 27.1 Å². The maximum Gasteiger partial charge on any atom is 0.274 e. The molecule has 110 valence electrons. The highest BCUT2D eigenvalue weighted by atomic mass is 32.1. The van der Waals surface area contributed by atoms with Gasteiger partial charge in [-0.05, 0) is 35.9 Å². The van der Waals surface area contributed by atoms with Crippen LogP contribution in [0.15, 0.2) is 28.4 Å². The van der Waals surface area contributed by atoms with Crippen molar-refractivity contribution < 1.29 is 4.79 Å². The number of amides is 1. The third-order valence-electron chi connectivity index (χ3n) is 3.92. The maximum absolute atomic E-state index is 12.7. The van der Waals surface area contributed by atoms with Gasteiger partial charge >= 0.3 is 0 Å². The normalized spacial score (nSPS) is 17.6. The van der Waals surface area contributed by atoms with Crippen LogP contribution in [0.1, 0.15) is 40.3 Å². The van der Waals surface area contributed by atoms with E-state index in [9.17, 15) is 9.59 Å². The van der Waals surface area contributed by atoms with Crippen molar-refractivity contribution in [2.45, 2.75) is 25.8 Å². The van der Waals surface area contributed by atoms with Crippen LogP contribution in [0.2, 0.25) is 0 Å². The third kappa shape index (κ3) is 2.40. The molecule has 0 N–H and O–H groups in total. The van der Waals surface area contributed by atoms with Gasteiger partial charge in [0.2, 0.25) is 0 Å². The second kappa shape index (κ2) is 5.44. The Morgan fingerprint density at radius 3 is 2.95 bits per heavy atom. The number of carbonyl (C=O) groups is 1. The van der Waals surface area contributed by atoms with Crippen LogP contribution in [0.5, 0.6) is 0 Å². The zero-order valence-electron chi connectivity index (χ0n) is 12.1. The van der Waals surface area contributed by atoms with E-state index in [-0.39, 0.29) is 17.5 Å². The molecule has 3 rings (SSSR count). The highest BCUT2D eigenvalue weighted by molar-refractivity contribution is 7.10. The van der Waals surface area contributed by atoms with Gasteiger partial charge in [0, 0.05) is 24.5 Å². The summed E-state index contributed by atoms with van der Waals surface area (Å²) in [6.07, 6.45) is 1.77. The average Bonchev–Trinajstić information content (AvgIpc) is 2.96. The number of carbonyl (C=O) groups excluding carboxylic acids is 1. The number of aryl methyl sites for hydroxylation is 1. The molecule has 21 heavy (non-hydrogen) atoms. The van der Waals surface area contributed by atoms with Gasteiger partial charge in [0.25, 0.3) is 11.5 Å². The fourth-order valence-corrected chi connectivity index (χ4v) is 3.77. The molecule has 0 fully saturated rings. The Balaban J connectivity index is 1.94. The van der Waals surface area contributed by atoms with E-state index in [1.165, 1.54) is 27.3 Å². The van der Waals surface area contributed by atoms with Crippen LogP contribution in [0.25, 0.3) is 0 Å². The van der Waals surface area contributed by atoms with E-state index in [0.717, 1.165) is 12.8 Å². The van der Waals surface area contributed by atoms with Gasteiger partial charge in [0.05, 0.1) is 6.04 Å². The third-order valence-corrected chi connectivity index (χ3v) is 4.92. The van der Waals surface area contributed by atoms with Crippen LogP contribution in [0.3, 0.4) is 0 Å². The Kier molecular flexibility index (Phi) is 3.63. The Morgan fingerprint density at radius 2 is 2.24 bits per heavy atom. The van der Waals surface area contributed by atoms with Crippen molar-refractivity contribution in [3.8, 4) is 0 Å². The molecule has 5 nitrogen and oxygen atoms in total. The SMILES string of the molecule is CC[C@H]1c2ccsc2CCN1C(=O)c1ccc(=O)n(C)n1. The van der Waals surface area contributed by atoms with Crippen molar-refractivity contribution >= 4 is 17.2 Å². The Hall–Kier alpha value is -1.95. The quantitative estimate of drug-likeness (QED) is 0.852. The van der Waals surface area contributed by atoms with Crippen molar-refractivity contribution in [1.82, 2.24) is 14.7 Å². The van der Waals surface area contributed by atoms with Crippen LogP contribution >= 0.6 is 11.3 Å². The molecule has 2 aromatic heterocycles. The summed E-state index contributed by atoms with van der Waals surface area (Å²) in [5.74, 6) is -0.102. The van der Waals surface area contributed by atoms with Gasteiger partial charge in [-0.2, -0.15) is 5.10 Å². The fourth-order valence-electron chi connectivity index (χ4n) is 2.84. The molecule has 0 bridgehead atoms. The molecule has 0 aliphatic carbocycles. The minimum absolute atomic E-state index is 0.102. The number of nitrogens with zero attached hydrogens (tertiary/aromatic N) is 3. The van der Waals surface area contributed by atoms with Gasteiger partial charge in [-0.25, -0.2) is 4.68 Å². The highest BCUT2D eigenvalue weighted by Gasteiger charge is 2.31. The van der Waals surface area contributed by atoms with E-state index < -0.39 is 0 Å². The zero-order chi connectivity index (χ0) is 15.0. The number of thiophene rings is 1. The number of fused-ring (bicyclic) bond motifs is 1. The van der Waals surface area contributed by atoms with Gasteiger partial charge in [0.15, 0.2) is 0 Å². The molecular formula is C15H17N3O2S. The summed E-state index contributed by atoms with van der Waals surface area (Å²) < 4.78 is 1.20. The summed E-state index contributed by atoms with van der Waals surface area (Å²) in [4.78, 5) is 27.4. The summed E-state index contributed by atoms with van der Waals surface area (Å²) in [5.41, 5.74) is 1.37. The highest BCUT2D eigenvalue weighted by Crippen LogP contribution is 2.35. The minimum atomic E-state index is -0.211. The predicted molar refractivity (Wildman–Crippen MR) is 81.6 cm³/mol. The smallest absolute Gasteiger partial charge is 0.274 e. The molecule has 1 amide bonds. The van der Waals surface area contributed by atoms with E-state index >= 15 is 0 Å². The lowest BCUT2D eigenvalue weighted by Crippen LogP contribution is -2.40. The zero-order valence-corrected chi connectivity index (χ0v) is 12.9. The molecule has 0 saturated carbocycles. The largest absolute Gasteiger partial charge is 0.330 e. The molecule has 2 aromatic rings. The first kappa shape index (κ1) is 14.0. The van der Waals surface area contributed by atoms with Crippen molar-refractivity contribution in [1.29, 1.82) is 0 Å². The molecule has 0 unspecified atom stereocenters. The van der Waals surface area contributed by atoms with Gasteiger partial charge in [-0.3, -0.25) is 9.59 Å². The first-order valence-electron chi connectivity index (χ1n) is 7.03. The second-order valence-electron chi connectivity index (χ2n) is 5.15. The lowest BCUT2D eigenvalue weighted by Gasteiger charge is -2.35. The van der Waals surface area contributed by atoms with Crippen LogP contribution in [0.4, 0.5) is 0 Å². The number of rotatable bonds is 2. The van der Waals surface area contributed by atoms with Crippen LogP contribution in [0, 0.1) is 0 Å². The average molecular weight is 303 g/mol. The first-order valence-corrected chi connectivity index (χ1v) is 7.91. The molecule has 0 spiro atoms. The molecule has 6 heteroatoms. The summed E-state index contributed by atoms with van der Waals surface area (Å²) in [6.45, 7) is 2.79. The van der Waals surface area contributed by atoms with E-state index in [0.29, 0.717) is 12.2 Å². The van der Waals surface area contributed by atoms with Gasteiger partial charge < -0.3 is 4.90 Å². The first-order chi connectivity index (χ1) is 10.1. The van der Waals surface area contributed by atoms with Crippen molar-refractivity contribution in [2.24, 2.45) is 7.05 Å². The Labute approximate surface area is 126 Å². The van der Waals surface area contributed by atoms with E-state index in [1.54, 1.807) is 18.4 Å². The molecular weight excluding hydrogens is 286 g/mol. The molecule has 3 heterocycles. The summed E-state index contributed by atoms with van der Waals surface area (Å²) >= 11 is 1.76. The number of aromatic nitrogens is 2. The van der Waals surface area contributed by atoms with Crippen molar-refractivity contribution in [3.05, 3.63) is 50.1 Å². The standard InChI is InChI=1S/C15H17N3O2S/c1-3-12-10-7-9-21-13(10)6-8-18(12)15(20)11-4-5-14(19)17(2)16-11/h4-5,7,9,12H,3,6,8H2,1-2H3/t12-/m0/s1. The minimum Gasteiger partial charge on any atom is -0.330 e. The van der Waals surface area contributed by atoms with Gasteiger partial charge in [-0.1, -0.05) is 6.92 Å². The number of hydrogen-bond acceptors (Lipinski definition) is 4. The Morgan fingerprint density at radius 1 is 1.43 bits per heavy atom.